The molecule has 0 bridgehead atoms. The van der Waals surface area contributed by atoms with Gasteiger partial charge in [-0.25, -0.2) is 8.42 Å². The Morgan fingerprint density at radius 2 is 1.37 bits per heavy atom. The van der Waals surface area contributed by atoms with Crippen LogP contribution in [0, 0.1) is 0 Å². The minimum Gasteiger partial charge on any atom is -0.457 e. The van der Waals surface area contributed by atoms with E-state index in [1.165, 1.54) is 17.7 Å². The van der Waals surface area contributed by atoms with E-state index in [9.17, 15) is 13.2 Å². The van der Waals surface area contributed by atoms with Gasteiger partial charge in [-0.1, -0.05) is 60.7 Å². The molecular formula is C32H33N3O5S. The summed E-state index contributed by atoms with van der Waals surface area (Å²) in [6.07, 6.45) is 0. The van der Waals surface area contributed by atoms with E-state index in [0.717, 1.165) is 42.7 Å². The van der Waals surface area contributed by atoms with E-state index in [1.807, 2.05) is 42.5 Å². The van der Waals surface area contributed by atoms with Crippen LogP contribution in [0.3, 0.4) is 0 Å². The fourth-order valence-electron chi connectivity index (χ4n) is 4.51. The van der Waals surface area contributed by atoms with Crippen molar-refractivity contribution < 1.29 is 22.7 Å². The van der Waals surface area contributed by atoms with Crippen molar-refractivity contribution in [3.63, 3.8) is 0 Å². The summed E-state index contributed by atoms with van der Waals surface area (Å²) < 4.78 is 39.6. The van der Waals surface area contributed by atoms with Crippen LogP contribution < -0.4 is 14.4 Å². The van der Waals surface area contributed by atoms with Gasteiger partial charge in [0, 0.05) is 26.2 Å². The molecule has 8 nitrogen and oxygen atoms in total. The van der Waals surface area contributed by atoms with Crippen molar-refractivity contribution in [2.24, 2.45) is 0 Å². The fourth-order valence-corrected chi connectivity index (χ4v) is 5.95. The SMILES string of the molecule is O=C(CN(c1ccc(Oc2ccccc2)cc1)S(=O)(=O)c1ccccc1)NCc1ccc(CN2CCOCC2)cc1. The van der Waals surface area contributed by atoms with Gasteiger partial charge in [0.2, 0.25) is 5.91 Å². The van der Waals surface area contributed by atoms with E-state index in [1.54, 1.807) is 42.5 Å². The van der Waals surface area contributed by atoms with Crippen molar-refractivity contribution in [3.8, 4) is 11.5 Å². The number of hydrogen-bond acceptors (Lipinski definition) is 6. The molecule has 4 aromatic carbocycles. The Morgan fingerprint density at radius 1 is 0.780 bits per heavy atom. The molecule has 0 saturated carbocycles. The fraction of sp³-hybridized carbons (Fsp3) is 0.219. The molecule has 5 rings (SSSR count). The molecular weight excluding hydrogens is 538 g/mol. The molecule has 0 spiro atoms. The van der Waals surface area contributed by atoms with Gasteiger partial charge >= 0.3 is 0 Å². The van der Waals surface area contributed by atoms with E-state index in [4.69, 9.17) is 9.47 Å². The van der Waals surface area contributed by atoms with Gasteiger partial charge in [-0.3, -0.25) is 14.0 Å². The second-order valence-electron chi connectivity index (χ2n) is 9.72. The van der Waals surface area contributed by atoms with Crippen molar-refractivity contribution in [1.82, 2.24) is 10.2 Å². The van der Waals surface area contributed by atoms with E-state index < -0.39 is 15.9 Å². The molecule has 1 aliphatic rings. The normalized spacial score (nSPS) is 13.9. The van der Waals surface area contributed by atoms with Crippen LogP contribution in [-0.4, -0.2) is 52.1 Å². The lowest BCUT2D eigenvalue weighted by Crippen LogP contribution is -2.40. The Bertz CT molecular complexity index is 1510. The van der Waals surface area contributed by atoms with Crippen molar-refractivity contribution in [3.05, 3.63) is 120 Å². The van der Waals surface area contributed by atoms with Crippen LogP contribution in [0.1, 0.15) is 11.1 Å². The standard InChI is InChI=1S/C32H33N3O5S/c36-32(33-23-26-11-13-27(14-12-26)24-34-19-21-39-22-20-34)25-35(41(37,38)31-9-5-2-6-10-31)28-15-17-30(18-16-28)40-29-7-3-1-4-8-29/h1-18H,19-25H2,(H,33,36). The molecule has 4 aromatic rings. The second-order valence-corrected chi connectivity index (χ2v) is 11.6. The van der Waals surface area contributed by atoms with Gasteiger partial charge in [-0.15, -0.1) is 0 Å². The van der Waals surface area contributed by atoms with Crippen LogP contribution in [0.5, 0.6) is 11.5 Å². The molecule has 1 saturated heterocycles. The number of anilines is 1. The first-order valence-electron chi connectivity index (χ1n) is 13.5. The van der Waals surface area contributed by atoms with Gasteiger partial charge < -0.3 is 14.8 Å². The zero-order valence-corrected chi connectivity index (χ0v) is 23.5. The number of ether oxygens (including phenoxy) is 2. The highest BCUT2D eigenvalue weighted by molar-refractivity contribution is 7.92. The lowest BCUT2D eigenvalue weighted by atomic mass is 10.1. The maximum Gasteiger partial charge on any atom is 0.264 e. The van der Waals surface area contributed by atoms with E-state index in [2.05, 4.69) is 22.3 Å². The highest BCUT2D eigenvalue weighted by Gasteiger charge is 2.27. The summed E-state index contributed by atoms with van der Waals surface area (Å²) in [5.74, 6) is 0.813. The van der Waals surface area contributed by atoms with Gasteiger partial charge in [0.15, 0.2) is 0 Å². The predicted molar refractivity (Wildman–Crippen MR) is 158 cm³/mol. The number of amides is 1. The van der Waals surface area contributed by atoms with Gasteiger partial charge in [-0.05, 0) is 59.7 Å². The Hall–Kier alpha value is -4.18. The molecule has 212 valence electrons. The van der Waals surface area contributed by atoms with E-state index in [0.29, 0.717) is 23.7 Å². The summed E-state index contributed by atoms with van der Waals surface area (Å²) in [6.45, 7) is 4.13. The summed E-state index contributed by atoms with van der Waals surface area (Å²) in [7, 11) is -4.01. The summed E-state index contributed by atoms with van der Waals surface area (Å²) in [4.78, 5) is 15.5. The topological polar surface area (TPSA) is 88.2 Å². The average Bonchev–Trinajstić information content (AvgIpc) is 3.01. The van der Waals surface area contributed by atoms with Crippen LogP contribution in [0.25, 0.3) is 0 Å². The molecule has 1 amide bonds. The zero-order valence-electron chi connectivity index (χ0n) is 22.7. The molecule has 0 unspecified atom stereocenters. The molecule has 1 fully saturated rings. The zero-order chi connectivity index (χ0) is 28.5. The highest BCUT2D eigenvalue weighted by atomic mass is 32.2. The molecule has 41 heavy (non-hydrogen) atoms. The van der Waals surface area contributed by atoms with E-state index >= 15 is 0 Å². The summed E-state index contributed by atoms with van der Waals surface area (Å²) in [5, 5.41) is 2.87. The number of carbonyl (C=O) groups excluding carboxylic acids is 1. The largest absolute Gasteiger partial charge is 0.457 e. The van der Waals surface area contributed by atoms with Gasteiger partial charge in [0.05, 0.1) is 23.8 Å². The number of nitrogens with zero attached hydrogens (tertiary/aromatic N) is 2. The number of morpholine rings is 1. The summed E-state index contributed by atoms with van der Waals surface area (Å²) in [5.41, 5.74) is 2.49. The Labute approximate surface area is 241 Å². The molecule has 0 radical (unpaired) electrons. The average molecular weight is 572 g/mol. The van der Waals surface area contributed by atoms with Crippen molar-refractivity contribution in [2.45, 2.75) is 18.0 Å². The van der Waals surface area contributed by atoms with Gasteiger partial charge in [0.1, 0.15) is 18.0 Å². The minimum atomic E-state index is -4.01. The number of benzene rings is 4. The number of sulfonamides is 1. The lowest BCUT2D eigenvalue weighted by molar-refractivity contribution is -0.119. The number of nitrogens with one attached hydrogen (secondary N) is 1. The number of rotatable bonds is 11. The third-order valence-corrected chi connectivity index (χ3v) is 8.53. The Morgan fingerprint density at radius 3 is 2.02 bits per heavy atom. The molecule has 1 aliphatic heterocycles. The predicted octanol–water partition coefficient (Wildman–Crippen LogP) is 4.82. The van der Waals surface area contributed by atoms with Crippen molar-refractivity contribution >= 4 is 21.6 Å². The minimum absolute atomic E-state index is 0.105. The number of carbonyl (C=O) groups is 1. The first kappa shape index (κ1) is 28.4. The number of hydrogen-bond donors (Lipinski definition) is 1. The smallest absolute Gasteiger partial charge is 0.264 e. The molecule has 9 heteroatoms. The van der Waals surface area contributed by atoms with Crippen LogP contribution in [-0.2, 0) is 32.6 Å². The summed E-state index contributed by atoms with van der Waals surface area (Å²) >= 11 is 0. The number of para-hydroxylation sites is 1. The molecule has 1 N–H and O–H groups in total. The molecule has 0 aliphatic carbocycles. The van der Waals surface area contributed by atoms with Crippen molar-refractivity contribution in [2.75, 3.05) is 37.2 Å². The maximum absolute atomic E-state index is 13.6. The lowest BCUT2D eigenvalue weighted by Gasteiger charge is -2.26. The highest BCUT2D eigenvalue weighted by Crippen LogP contribution is 2.28. The Balaban J connectivity index is 1.26. The second kappa shape index (κ2) is 13.5. The molecule has 1 heterocycles. The summed E-state index contributed by atoms with van der Waals surface area (Å²) in [6, 6.07) is 32.2. The van der Waals surface area contributed by atoms with E-state index in [-0.39, 0.29) is 11.4 Å². The van der Waals surface area contributed by atoms with Gasteiger partial charge in [-0.2, -0.15) is 0 Å². The maximum atomic E-state index is 13.6. The van der Waals surface area contributed by atoms with Crippen LogP contribution in [0.2, 0.25) is 0 Å². The first-order chi connectivity index (χ1) is 20.0. The van der Waals surface area contributed by atoms with Gasteiger partial charge in [0.25, 0.3) is 10.0 Å². The molecule has 0 atom stereocenters. The van der Waals surface area contributed by atoms with Crippen molar-refractivity contribution in [1.29, 1.82) is 0 Å². The first-order valence-corrected chi connectivity index (χ1v) is 15.0. The van der Waals surface area contributed by atoms with Crippen LogP contribution in [0.15, 0.2) is 114 Å². The quantitative estimate of drug-likeness (QED) is 0.278. The monoisotopic (exact) mass is 571 g/mol. The third-order valence-electron chi connectivity index (χ3n) is 6.74. The van der Waals surface area contributed by atoms with Crippen LogP contribution >= 0.6 is 0 Å². The Kier molecular flexibility index (Phi) is 9.30. The van der Waals surface area contributed by atoms with Crippen LogP contribution in [0.4, 0.5) is 5.69 Å². The third kappa shape index (κ3) is 7.73. The molecule has 0 aromatic heterocycles.